The molecule has 0 amide bonds. The SMILES string of the molecule is Cc1c(Cl)cccc1S(=O)(=O)Nc1cscc1CCOC(C)C. The first kappa shape index (κ1) is 18.3. The Morgan fingerprint density at radius 3 is 2.74 bits per heavy atom. The summed E-state index contributed by atoms with van der Waals surface area (Å²) >= 11 is 7.48. The maximum Gasteiger partial charge on any atom is 0.262 e. The molecule has 0 radical (unpaired) electrons. The summed E-state index contributed by atoms with van der Waals surface area (Å²) in [6, 6.07) is 4.86. The highest BCUT2D eigenvalue weighted by Gasteiger charge is 2.20. The molecule has 0 atom stereocenters. The van der Waals surface area contributed by atoms with Crippen molar-refractivity contribution in [2.45, 2.75) is 38.2 Å². The summed E-state index contributed by atoms with van der Waals surface area (Å²) < 4.78 is 33.4. The number of rotatable bonds is 7. The van der Waals surface area contributed by atoms with Crippen LogP contribution in [0.2, 0.25) is 5.02 Å². The zero-order valence-electron chi connectivity index (χ0n) is 13.3. The van der Waals surface area contributed by atoms with Gasteiger partial charge in [-0.15, -0.1) is 11.3 Å². The third kappa shape index (κ3) is 4.70. The van der Waals surface area contributed by atoms with E-state index in [4.69, 9.17) is 16.3 Å². The van der Waals surface area contributed by atoms with Crippen molar-refractivity contribution < 1.29 is 13.2 Å². The Kier molecular flexibility index (Phi) is 6.08. The quantitative estimate of drug-likeness (QED) is 0.778. The average Bonchev–Trinajstić information content (AvgIpc) is 2.88. The minimum Gasteiger partial charge on any atom is -0.378 e. The molecule has 1 aromatic carbocycles. The lowest BCUT2D eigenvalue weighted by molar-refractivity contribution is 0.0814. The molecule has 0 bridgehead atoms. The molecular formula is C16H20ClNO3S2. The molecule has 1 aromatic heterocycles. The molecule has 0 saturated heterocycles. The van der Waals surface area contributed by atoms with Gasteiger partial charge in [-0.1, -0.05) is 17.7 Å². The van der Waals surface area contributed by atoms with Gasteiger partial charge in [-0.05, 0) is 55.8 Å². The monoisotopic (exact) mass is 373 g/mol. The van der Waals surface area contributed by atoms with Crippen LogP contribution in [-0.4, -0.2) is 21.1 Å². The average molecular weight is 374 g/mol. The van der Waals surface area contributed by atoms with Crippen molar-refractivity contribution >= 4 is 38.6 Å². The van der Waals surface area contributed by atoms with Crippen molar-refractivity contribution in [3.8, 4) is 0 Å². The summed E-state index contributed by atoms with van der Waals surface area (Å²) in [5, 5.41) is 4.16. The lowest BCUT2D eigenvalue weighted by atomic mass is 10.2. The van der Waals surface area contributed by atoms with Gasteiger partial charge in [0.05, 0.1) is 23.3 Å². The molecule has 2 rings (SSSR count). The van der Waals surface area contributed by atoms with E-state index in [0.717, 1.165) is 5.56 Å². The normalized spacial score (nSPS) is 11.9. The number of hydrogen-bond donors (Lipinski definition) is 1. The van der Waals surface area contributed by atoms with E-state index in [0.29, 0.717) is 29.3 Å². The standard InChI is InChI=1S/C16H20ClNO3S2/c1-11(2)21-8-7-13-9-22-10-15(13)18-23(19,20)16-6-4-5-14(17)12(16)3/h4-6,9-11,18H,7-8H2,1-3H3. The van der Waals surface area contributed by atoms with Crippen LogP contribution in [0.1, 0.15) is 25.0 Å². The second-order valence-corrected chi connectivity index (χ2v) is 8.25. The minimum atomic E-state index is -3.67. The Morgan fingerprint density at radius 1 is 1.30 bits per heavy atom. The predicted molar refractivity (Wildman–Crippen MR) is 96.1 cm³/mol. The fraction of sp³-hybridized carbons (Fsp3) is 0.375. The third-order valence-corrected chi connectivity index (χ3v) is 6.03. The third-order valence-electron chi connectivity index (χ3n) is 3.32. The fourth-order valence-electron chi connectivity index (χ4n) is 2.09. The maximum absolute atomic E-state index is 12.6. The van der Waals surface area contributed by atoms with Crippen LogP contribution in [0.5, 0.6) is 0 Å². The van der Waals surface area contributed by atoms with Crippen LogP contribution in [0.4, 0.5) is 5.69 Å². The molecule has 126 valence electrons. The second kappa shape index (κ2) is 7.66. The van der Waals surface area contributed by atoms with Gasteiger partial charge in [-0.25, -0.2) is 8.42 Å². The first-order valence-corrected chi connectivity index (χ1v) is 10.1. The molecule has 0 spiro atoms. The molecule has 0 aliphatic heterocycles. The van der Waals surface area contributed by atoms with E-state index < -0.39 is 10.0 Å². The number of nitrogens with one attached hydrogen (secondary N) is 1. The van der Waals surface area contributed by atoms with Crippen molar-refractivity contribution in [2.24, 2.45) is 0 Å². The van der Waals surface area contributed by atoms with Crippen LogP contribution in [0.3, 0.4) is 0 Å². The van der Waals surface area contributed by atoms with Crippen molar-refractivity contribution in [2.75, 3.05) is 11.3 Å². The van der Waals surface area contributed by atoms with Crippen LogP contribution in [-0.2, 0) is 21.2 Å². The molecule has 23 heavy (non-hydrogen) atoms. The number of anilines is 1. The lowest BCUT2D eigenvalue weighted by Crippen LogP contribution is -2.15. The summed E-state index contributed by atoms with van der Waals surface area (Å²) in [5.74, 6) is 0. The highest BCUT2D eigenvalue weighted by molar-refractivity contribution is 7.92. The van der Waals surface area contributed by atoms with Crippen LogP contribution >= 0.6 is 22.9 Å². The number of sulfonamides is 1. The van der Waals surface area contributed by atoms with Gasteiger partial charge in [0.2, 0.25) is 0 Å². The van der Waals surface area contributed by atoms with Gasteiger partial charge in [-0.3, -0.25) is 4.72 Å². The number of thiophene rings is 1. The van der Waals surface area contributed by atoms with E-state index in [1.54, 1.807) is 30.5 Å². The van der Waals surface area contributed by atoms with Crippen molar-refractivity contribution in [3.63, 3.8) is 0 Å². The molecule has 0 aliphatic carbocycles. The van der Waals surface area contributed by atoms with Gasteiger partial charge in [0.15, 0.2) is 0 Å². The summed E-state index contributed by atoms with van der Waals surface area (Å²) in [4.78, 5) is 0.195. The van der Waals surface area contributed by atoms with Crippen LogP contribution < -0.4 is 4.72 Å². The molecule has 0 fully saturated rings. The molecule has 0 unspecified atom stereocenters. The van der Waals surface area contributed by atoms with Crippen LogP contribution in [0.15, 0.2) is 33.9 Å². The van der Waals surface area contributed by atoms with Gasteiger partial charge >= 0.3 is 0 Å². The van der Waals surface area contributed by atoms with Crippen molar-refractivity contribution in [1.29, 1.82) is 0 Å². The highest BCUT2D eigenvalue weighted by Crippen LogP contribution is 2.28. The summed E-state index contributed by atoms with van der Waals surface area (Å²) in [7, 11) is -3.67. The van der Waals surface area contributed by atoms with E-state index in [9.17, 15) is 8.42 Å². The Balaban J connectivity index is 2.18. The zero-order chi connectivity index (χ0) is 17.0. The topological polar surface area (TPSA) is 55.4 Å². The van der Waals surface area contributed by atoms with Gasteiger partial charge < -0.3 is 4.74 Å². The molecule has 0 aliphatic rings. The van der Waals surface area contributed by atoms with Gasteiger partial charge in [0.1, 0.15) is 0 Å². The number of hydrogen-bond acceptors (Lipinski definition) is 4. The molecule has 4 nitrogen and oxygen atoms in total. The number of halogens is 1. The van der Waals surface area contributed by atoms with Gasteiger partial charge in [-0.2, -0.15) is 0 Å². The first-order chi connectivity index (χ1) is 10.8. The summed E-state index contributed by atoms with van der Waals surface area (Å²) in [6.07, 6.45) is 0.816. The smallest absolute Gasteiger partial charge is 0.262 e. The molecule has 1 heterocycles. The van der Waals surface area contributed by atoms with E-state index in [-0.39, 0.29) is 11.0 Å². The lowest BCUT2D eigenvalue weighted by Gasteiger charge is -2.12. The van der Waals surface area contributed by atoms with Gasteiger partial charge in [0, 0.05) is 10.4 Å². The fourth-order valence-corrected chi connectivity index (χ4v) is 4.58. The van der Waals surface area contributed by atoms with E-state index >= 15 is 0 Å². The largest absolute Gasteiger partial charge is 0.378 e. The number of benzene rings is 1. The summed E-state index contributed by atoms with van der Waals surface area (Å²) in [6.45, 7) is 6.19. The molecular weight excluding hydrogens is 354 g/mol. The highest BCUT2D eigenvalue weighted by atomic mass is 35.5. The predicted octanol–water partition coefficient (Wildman–Crippen LogP) is 4.48. The van der Waals surface area contributed by atoms with Crippen molar-refractivity contribution in [1.82, 2.24) is 0 Å². The number of ether oxygens (including phenoxy) is 1. The van der Waals surface area contributed by atoms with Gasteiger partial charge in [0.25, 0.3) is 10.0 Å². The first-order valence-electron chi connectivity index (χ1n) is 7.26. The maximum atomic E-state index is 12.6. The Labute approximate surface area is 146 Å². The van der Waals surface area contributed by atoms with E-state index in [2.05, 4.69) is 4.72 Å². The van der Waals surface area contributed by atoms with E-state index in [1.807, 2.05) is 19.2 Å². The zero-order valence-corrected chi connectivity index (χ0v) is 15.7. The van der Waals surface area contributed by atoms with Crippen LogP contribution in [0.25, 0.3) is 0 Å². The van der Waals surface area contributed by atoms with Crippen molar-refractivity contribution in [3.05, 3.63) is 45.1 Å². The molecule has 7 heteroatoms. The minimum absolute atomic E-state index is 0.155. The molecule has 1 N–H and O–H groups in total. The Morgan fingerprint density at radius 2 is 2.04 bits per heavy atom. The molecule has 0 saturated carbocycles. The Bertz CT molecular complexity index is 769. The van der Waals surface area contributed by atoms with E-state index in [1.165, 1.54) is 11.3 Å². The second-order valence-electron chi connectivity index (χ2n) is 5.45. The van der Waals surface area contributed by atoms with Crippen LogP contribution in [0, 0.1) is 6.92 Å². The summed E-state index contributed by atoms with van der Waals surface area (Å²) in [5.41, 5.74) is 2.07. The molecule has 2 aromatic rings. The Hall–Kier alpha value is -1.08.